The fraction of sp³-hybridized carbons (Fsp3) is 0.273. The molecule has 0 spiro atoms. The third-order valence-electron chi connectivity index (χ3n) is 12.1. The van der Waals surface area contributed by atoms with Gasteiger partial charge in [-0.05, 0) is 96.6 Å². The fourth-order valence-electron chi connectivity index (χ4n) is 9.44. The largest absolute Gasteiger partial charge is 0.502 e. The van der Waals surface area contributed by atoms with Gasteiger partial charge in [0, 0.05) is 10.9 Å². The van der Waals surface area contributed by atoms with Crippen LogP contribution in [-0.2, 0) is 36.9 Å². The minimum absolute atomic E-state index is 0.0239. The van der Waals surface area contributed by atoms with Crippen molar-refractivity contribution in [1.29, 1.82) is 0 Å². The molecule has 4 aromatic rings. The molecule has 4 aliphatic rings. The van der Waals surface area contributed by atoms with Gasteiger partial charge >= 0.3 is 12.4 Å². The Bertz CT molecular complexity index is 2520. The second-order valence-corrected chi connectivity index (χ2v) is 15.8. The minimum atomic E-state index is -5.27. The molecule has 6 unspecified atom stereocenters. The van der Waals surface area contributed by atoms with Gasteiger partial charge in [0.2, 0.25) is 17.6 Å². The minimum Gasteiger partial charge on any atom is -0.502 e. The van der Waals surface area contributed by atoms with E-state index in [2.05, 4.69) is 5.43 Å². The highest BCUT2D eigenvalue weighted by atomic mass is 35.5. The van der Waals surface area contributed by atoms with Crippen LogP contribution in [0, 0.1) is 35.4 Å². The summed E-state index contributed by atoms with van der Waals surface area (Å²) < 4.78 is 108. The molecule has 322 valence electrons. The van der Waals surface area contributed by atoms with Crippen molar-refractivity contribution in [2.24, 2.45) is 29.6 Å². The molecule has 0 radical (unpaired) electrons. The highest BCUT2D eigenvalue weighted by molar-refractivity contribution is 6.30. The lowest BCUT2D eigenvalue weighted by molar-refractivity contribution is -0.143. The standard InChI is InChI=1S/C44H33ClF7N3O7/c1-61-34-15-21(16-35(62-2)37(34)56)3-14-32-29-12-13-30-36(40(59)54(38(30)57)28-18-23(43(47,48)49)17-24(19-28)44(50,51)52)31(29)20-33-39(58)55(53-27-10-8-26(46)9-11-27)41(60)42(32,33)22-4-6-25(45)7-5-22/h3-12,14-19,30-33,36,53,56H,13,20H2,1-2H3. The first-order valence-electron chi connectivity index (χ1n) is 19.0. The lowest BCUT2D eigenvalue weighted by Gasteiger charge is -2.49. The van der Waals surface area contributed by atoms with Gasteiger partial charge in [-0.3, -0.25) is 24.6 Å². The summed E-state index contributed by atoms with van der Waals surface area (Å²) >= 11 is 6.31. The molecule has 2 N–H and O–H groups in total. The number of methoxy groups -OCH3 is 2. The number of nitrogens with one attached hydrogen (secondary N) is 1. The van der Waals surface area contributed by atoms with Crippen LogP contribution < -0.4 is 19.8 Å². The van der Waals surface area contributed by atoms with Crippen molar-refractivity contribution in [3.8, 4) is 17.2 Å². The summed E-state index contributed by atoms with van der Waals surface area (Å²) in [7, 11) is 2.63. The number of carbonyl (C=O) groups is 4. The second kappa shape index (κ2) is 15.2. The number of allylic oxidation sites excluding steroid dienone is 3. The first kappa shape index (κ1) is 42.3. The Morgan fingerprint density at radius 2 is 1.40 bits per heavy atom. The third-order valence-corrected chi connectivity index (χ3v) is 12.4. The molecular formula is C44H33ClF7N3O7. The lowest BCUT2D eigenvalue weighted by atomic mass is 9.50. The molecule has 62 heavy (non-hydrogen) atoms. The van der Waals surface area contributed by atoms with Crippen LogP contribution in [0.15, 0.2) is 96.6 Å². The molecule has 4 aromatic carbocycles. The highest BCUT2D eigenvalue weighted by Gasteiger charge is 2.69. The number of hydrazine groups is 1. The Labute approximate surface area is 353 Å². The summed E-state index contributed by atoms with van der Waals surface area (Å²) in [4.78, 5) is 59.1. The van der Waals surface area contributed by atoms with Crippen LogP contribution in [0.2, 0.25) is 5.02 Å². The lowest BCUT2D eigenvalue weighted by Crippen LogP contribution is -2.54. The maximum absolute atomic E-state index is 15.3. The smallest absolute Gasteiger partial charge is 0.416 e. The molecule has 2 heterocycles. The summed E-state index contributed by atoms with van der Waals surface area (Å²) in [6, 6.07) is 14.5. The molecule has 0 aromatic heterocycles. The van der Waals surface area contributed by atoms with E-state index < -0.39 is 93.6 Å². The molecule has 0 bridgehead atoms. The number of rotatable bonds is 8. The molecule has 2 aliphatic carbocycles. The summed E-state index contributed by atoms with van der Waals surface area (Å²) in [6.45, 7) is 0. The van der Waals surface area contributed by atoms with Crippen molar-refractivity contribution in [3.05, 3.63) is 130 Å². The molecular weight excluding hydrogens is 851 g/mol. The SMILES string of the molecule is COc1cc(C=CC2C3=CCC4C(=O)N(c5cc(C(F)(F)F)cc(C(F)(F)F)c5)C(=O)C4C3CC3C(=O)N(Nc4ccc(F)cc4)C(=O)C23c2ccc(Cl)cc2)cc(OC)c1O. The number of hydrogen-bond acceptors (Lipinski definition) is 8. The Hall–Kier alpha value is -6.36. The van der Waals surface area contributed by atoms with E-state index in [1.807, 2.05) is 0 Å². The zero-order chi connectivity index (χ0) is 44.6. The van der Waals surface area contributed by atoms with E-state index in [9.17, 15) is 50.2 Å². The number of hydrogen-bond donors (Lipinski definition) is 2. The van der Waals surface area contributed by atoms with Crippen LogP contribution in [0.1, 0.15) is 35.1 Å². The average molecular weight is 884 g/mol. The van der Waals surface area contributed by atoms with Gasteiger partial charge in [0.05, 0.1) is 59.9 Å². The number of amides is 4. The zero-order valence-corrected chi connectivity index (χ0v) is 33.1. The van der Waals surface area contributed by atoms with Gasteiger partial charge in [-0.1, -0.05) is 47.5 Å². The van der Waals surface area contributed by atoms with Gasteiger partial charge in [0.25, 0.3) is 11.8 Å². The van der Waals surface area contributed by atoms with Crippen LogP contribution in [0.5, 0.6) is 17.2 Å². The van der Waals surface area contributed by atoms with Gasteiger partial charge < -0.3 is 14.6 Å². The van der Waals surface area contributed by atoms with E-state index in [1.165, 1.54) is 50.6 Å². The molecule has 2 saturated heterocycles. The number of nitrogens with zero attached hydrogens (tertiary/aromatic N) is 2. The van der Waals surface area contributed by atoms with Crippen LogP contribution in [0.3, 0.4) is 0 Å². The van der Waals surface area contributed by atoms with Gasteiger partial charge in [-0.2, -0.15) is 31.4 Å². The molecule has 3 fully saturated rings. The first-order valence-corrected chi connectivity index (χ1v) is 19.3. The van der Waals surface area contributed by atoms with E-state index in [0.29, 0.717) is 38.8 Å². The van der Waals surface area contributed by atoms with Crippen molar-refractivity contribution < 1.29 is 64.5 Å². The molecule has 8 rings (SSSR count). The van der Waals surface area contributed by atoms with Crippen LogP contribution in [-0.4, -0.2) is 48.0 Å². The number of imide groups is 2. The van der Waals surface area contributed by atoms with Crippen molar-refractivity contribution >= 4 is 52.7 Å². The monoisotopic (exact) mass is 883 g/mol. The van der Waals surface area contributed by atoms with Crippen molar-refractivity contribution in [1.82, 2.24) is 5.01 Å². The van der Waals surface area contributed by atoms with Gasteiger partial charge in [0.1, 0.15) is 5.82 Å². The van der Waals surface area contributed by atoms with Crippen LogP contribution in [0.25, 0.3) is 6.08 Å². The predicted molar refractivity (Wildman–Crippen MR) is 209 cm³/mol. The van der Waals surface area contributed by atoms with E-state index in [1.54, 1.807) is 30.4 Å². The number of halogens is 8. The van der Waals surface area contributed by atoms with Gasteiger partial charge in [-0.25, -0.2) is 9.29 Å². The first-order chi connectivity index (χ1) is 29.3. The Morgan fingerprint density at radius 3 is 1.97 bits per heavy atom. The summed E-state index contributed by atoms with van der Waals surface area (Å²) in [5.74, 6) is -10.6. The summed E-state index contributed by atoms with van der Waals surface area (Å²) in [5, 5.41) is 11.7. The summed E-state index contributed by atoms with van der Waals surface area (Å²) in [6.07, 6.45) is -6.20. The quantitative estimate of drug-likeness (QED) is 0.102. The van der Waals surface area contributed by atoms with E-state index in [0.717, 1.165) is 17.1 Å². The number of phenols is 1. The van der Waals surface area contributed by atoms with Crippen LogP contribution >= 0.6 is 11.6 Å². The number of ether oxygens (including phenoxy) is 2. The Balaban J connectivity index is 1.30. The highest BCUT2D eigenvalue weighted by Crippen LogP contribution is 2.62. The fourth-order valence-corrected chi connectivity index (χ4v) is 9.57. The average Bonchev–Trinajstić information content (AvgIpc) is 3.61. The molecule has 1 saturated carbocycles. The number of aromatic hydroxyl groups is 1. The zero-order valence-electron chi connectivity index (χ0n) is 32.4. The topological polar surface area (TPSA) is 125 Å². The van der Waals surface area contributed by atoms with Gasteiger partial charge in [0.15, 0.2) is 11.5 Å². The Morgan fingerprint density at radius 1 is 0.806 bits per heavy atom. The predicted octanol–water partition coefficient (Wildman–Crippen LogP) is 8.97. The summed E-state index contributed by atoms with van der Waals surface area (Å²) in [5.41, 5.74) is -2.10. The van der Waals surface area contributed by atoms with Crippen molar-refractivity contribution in [3.63, 3.8) is 0 Å². The third kappa shape index (κ3) is 6.82. The number of carbonyl (C=O) groups excluding carboxylic acids is 4. The number of alkyl halides is 6. The molecule has 2 aliphatic heterocycles. The molecule has 4 amide bonds. The maximum atomic E-state index is 15.3. The van der Waals surface area contributed by atoms with Crippen LogP contribution in [0.4, 0.5) is 42.1 Å². The maximum Gasteiger partial charge on any atom is 0.416 e. The normalized spacial score (nSPS) is 24.9. The van der Waals surface area contributed by atoms with E-state index >= 15 is 4.79 Å². The number of phenolic OH excluding ortho intramolecular Hbond substituents is 1. The number of benzene rings is 4. The van der Waals surface area contributed by atoms with Crippen molar-refractivity contribution in [2.45, 2.75) is 30.6 Å². The molecule has 6 atom stereocenters. The molecule has 18 heteroatoms. The van der Waals surface area contributed by atoms with Crippen molar-refractivity contribution in [2.75, 3.05) is 24.5 Å². The number of anilines is 2. The van der Waals surface area contributed by atoms with Gasteiger partial charge in [-0.15, -0.1) is 0 Å². The van der Waals surface area contributed by atoms with E-state index in [-0.39, 0.29) is 41.8 Å². The molecule has 10 nitrogen and oxygen atoms in total. The number of fused-ring (bicyclic) bond motifs is 4. The Kier molecular flexibility index (Phi) is 10.4. The van der Waals surface area contributed by atoms with E-state index in [4.69, 9.17) is 21.1 Å². The second-order valence-electron chi connectivity index (χ2n) is 15.3.